The Morgan fingerprint density at radius 1 is 1.23 bits per heavy atom. The molecule has 31 heavy (non-hydrogen) atoms. The molecule has 2 aromatic rings. The third-order valence-electron chi connectivity index (χ3n) is 5.38. The van der Waals surface area contributed by atoms with Crippen molar-refractivity contribution in [2.45, 2.75) is 42.9 Å². The number of nitrogens with one attached hydrogen (secondary N) is 1. The van der Waals surface area contributed by atoms with Gasteiger partial charge in [0.25, 0.3) is 0 Å². The van der Waals surface area contributed by atoms with Gasteiger partial charge in [-0.1, -0.05) is 12.1 Å². The van der Waals surface area contributed by atoms with Crippen LogP contribution in [0.2, 0.25) is 0 Å². The zero-order valence-corrected chi connectivity index (χ0v) is 18.0. The maximum absolute atomic E-state index is 12.8. The van der Waals surface area contributed by atoms with E-state index in [1.807, 2.05) is 24.3 Å². The second kappa shape index (κ2) is 8.55. The third kappa shape index (κ3) is 4.34. The number of thioether (sulfide) groups is 1. The smallest absolute Gasteiger partial charge is 0.308 e. The summed E-state index contributed by atoms with van der Waals surface area (Å²) in [6.45, 7) is 3.63. The molecule has 2 aromatic carbocycles. The molecule has 0 saturated heterocycles. The number of anilines is 2. The number of carbonyl (C=O) groups excluding carboxylic acids is 4. The van der Waals surface area contributed by atoms with Crippen LogP contribution in [0.1, 0.15) is 36.2 Å². The first-order valence-electron chi connectivity index (χ1n) is 10.0. The van der Waals surface area contributed by atoms with Crippen molar-refractivity contribution in [3.05, 3.63) is 53.6 Å². The molecule has 2 heterocycles. The van der Waals surface area contributed by atoms with Crippen molar-refractivity contribution in [1.82, 2.24) is 0 Å². The molecule has 2 aliphatic heterocycles. The van der Waals surface area contributed by atoms with Gasteiger partial charge in [0.05, 0.1) is 17.4 Å². The van der Waals surface area contributed by atoms with Crippen LogP contribution in [0.15, 0.2) is 47.4 Å². The first-order chi connectivity index (χ1) is 14.8. The molecule has 2 atom stereocenters. The van der Waals surface area contributed by atoms with Crippen molar-refractivity contribution < 1.29 is 23.9 Å². The van der Waals surface area contributed by atoms with Crippen LogP contribution in [0.25, 0.3) is 0 Å². The van der Waals surface area contributed by atoms with E-state index in [0.29, 0.717) is 18.5 Å². The van der Waals surface area contributed by atoms with Crippen molar-refractivity contribution in [2.75, 3.05) is 16.8 Å². The first kappa shape index (κ1) is 21.1. The Balaban J connectivity index is 1.38. The van der Waals surface area contributed by atoms with E-state index in [0.717, 1.165) is 21.8 Å². The van der Waals surface area contributed by atoms with Crippen molar-refractivity contribution in [2.24, 2.45) is 0 Å². The Labute approximate surface area is 184 Å². The Hall–Kier alpha value is -3.13. The Morgan fingerprint density at radius 3 is 2.77 bits per heavy atom. The molecule has 2 aliphatic rings. The van der Waals surface area contributed by atoms with Gasteiger partial charge < -0.3 is 15.0 Å². The third-order valence-corrected chi connectivity index (χ3v) is 6.65. The van der Waals surface area contributed by atoms with Crippen molar-refractivity contribution in [3.8, 4) is 0 Å². The summed E-state index contributed by atoms with van der Waals surface area (Å²) < 4.78 is 5.34. The number of para-hydroxylation sites is 1. The Kier molecular flexibility index (Phi) is 5.82. The molecular weight excluding hydrogens is 416 g/mol. The molecule has 8 heteroatoms. The summed E-state index contributed by atoms with van der Waals surface area (Å²) in [7, 11) is 0. The van der Waals surface area contributed by atoms with Crippen LogP contribution < -0.4 is 10.2 Å². The highest BCUT2D eigenvalue weighted by Gasteiger charge is 2.31. The molecular formula is C23H22N2O5S. The summed E-state index contributed by atoms with van der Waals surface area (Å²) in [5.41, 5.74) is 2.90. The fraction of sp³-hybridized carbons (Fsp3) is 0.304. The summed E-state index contributed by atoms with van der Waals surface area (Å²) in [6, 6.07) is 12.5. The molecule has 0 aliphatic carbocycles. The normalized spacial score (nSPS) is 17.9. The molecule has 0 saturated carbocycles. The highest BCUT2D eigenvalue weighted by atomic mass is 32.2. The van der Waals surface area contributed by atoms with E-state index in [4.69, 9.17) is 4.74 Å². The molecule has 0 aromatic heterocycles. The lowest BCUT2D eigenvalue weighted by Crippen LogP contribution is -2.33. The number of fused-ring (bicyclic) bond motifs is 2. The number of hydrogen-bond acceptors (Lipinski definition) is 6. The van der Waals surface area contributed by atoms with Gasteiger partial charge in [0, 0.05) is 29.6 Å². The second-order valence-corrected chi connectivity index (χ2v) is 8.80. The molecule has 1 N–H and O–H groups in total. The van der Waals surface area contributed by atoms with Gasteiger partial charge in [-0.05, 0) is 49.2 Å². The van der Waals surface area contributed by atoms with Crippen LogP contribution in [0.3, 0.4) is 0 Å². The van der Waals surface area contributed by atoms with E-state index < -0.39 is 17.3 Å². The summed E-state index contributed by atoms with van der Waals surface area (Å²) in [5, 5.41) is 2.18. The van der Waals surface area contributed by atoms with Crippen LogP contribution in [-0.2, 0) is 25.5 Å². The van der Waals surface area contributed by atoms with Gasteiger partial charge in [0.1, 0.15) is 0 Å². The molecule has 7 nitrogen and oxygen atoms in total. The molecule has 0 bridgehead atoms. The van der Waals surface area contributed by atoms with Gasteiger partial charge >= 0.3 is 5.97 Å². The number of carbonyl (C=O) groups is 4. The second-order valence-electron chi connectivity index (χ2n) is 7.56. The van der Waals surface area contributed by atoms with E-state index in [2.05, 4.69) is 5.32 Å². The molecule has 0 radical (unpaired) electrons. The topological polar surface area (TPSA) is 92.8 Å². The summed E-state index contributed by atoms with van der Waals surface area (Å²) in [6.07, 6.45) is -0.417. The van der Waals surface area contributed by atoms with E-state index in [9.17, 15) is 19.2 Å². The number of Topliss-reactive ketones (excluding diaryl/α,β-unsaturated/α-hetero) is 1. The maximum Gasteiger partial charge on any atom is 0.308 e. The molecule has 0 fully saturated rings. The number of nitrogens with zero attached hydrogens (tertiary/aromatic N) is 1. The van der Waals surface area contributed by atoms with E-state index in [-0.39, 0.29) is 24.0 Å². The first-order valence-corrected chi connectivity index (χ1v) is 10.9. The minimum atomic E-state index is -0.972. The molecule has 0 unspecified atom stereocenters. The summed E-state index contributed by atoms with van der Waals surface area (Å²) >= 11 is 1.31. The highest BCUT2D eigenvalue weighted by Crippen LogP contribution is 2.36. The summed E-state index contributed by atoms with van der Waals surface area (Å²) in [5.74, 6) is -1.21. The van der Waals surface area contributed by atoms with Crippen LogP contribution in [0.4, 0.5) is 11.4 Å². The van der Waals surface area contributed by atoms with Gasteiger partial charge in [-0.3, -0.25) is 19.2 Å². The summed E-state index contributed by atoms with van der Waals surface area (Å²) in [4.78, 5) is 51.7. The van der Waals surface area contributed by atoms with E-state index in [1.165, 1.54) is 25.6 Å². The number of ether oxygens (including phenoxy) is 1. The lowest BCUT2D eigenvalue weighted by atomic mass is 10.0. The standard InChI is InChI=1S/C23H22N2O5S/c1-13(22(28)16-7-8-18-15(11-16)9-10-25(18)14(2)26)30-21(27)12-20-23(29)24-17-5-3-4-6-19(17)31-20/h3-8,11,13,20H,9-10,12H2,1-2H3,(H,24,29)/t13-,20-/m1/s1. The van der Waals surface area contributed by atoms with Gasteiger partial charge in [-0.2, -0.15) is 0 Å². The van der Waals surface area contributed by atoms with Gasteiger partial charge in [-0.25, -0.2) is 0 Å². The Morgan fingerprint density at radius 2 is 2.00 bits per heavy atom. The Bertz CT molecular complexity index is 1080. The number of hydrogen-bond donors (Lipinski definition) is 1. The largest absolute Gasteiger partial charge is 0.454 e. The molecule has 0 spiro atoms. The SMILES string of the molecule is CC(=O)N1CCc2cc(C(=O)[C@@H](C)OC(=O)C[C@H]3Sc4ccccc4NC3=O)ccc21. The maximum atomic E-state index is 12.8. The number of esters is 1. The van der Waals surface area contributed by atoms with Crippen LogP contribution in [0, 0.1) is 0 Å². The number of benzene rings is 2. The number of amides is 2. The minimum absolute atomic E-state index is 0.0348. The lowest BCUT2D eigenvalue weighted by molar-refractivity contribution is -0.147. The van der Waals surface area contributed by atoms with E-state index in [1.54, 1.807) is 23.1 Å². The monoisotopic (exact) mass is 438 g/mol. The van der Waals surface area contributed by atoms with Gasteiger partial charge in [0.15, 0.2) is 6.10 Å². The van der Waals surface area contributed by atoms with Crippen molar-refractivity contribution in [1.29, 1.82) is 0 Å². The minimum Gasteiger partial charge on any atom is -0.454 e. The van der Waals surface area contributed by atoms with Crippen LogP contribution in [-0.4, -0.2) is 41.5 Å². The molecule has 4 rings (SSSR count). The van der Waals surface area contributed by atoms with Gasteiger partial charge in [0.2, 0.25) is 17.6 Å². The predicted molar refractivity (Wildman–Crippen MR) is 117 cm³/mol. The van der Waals surface area contributed by atoms with Crippen molar-refractivity contribution in [3.63, 3.8) is 0 Å². The predicted octanol–water partition coefficient (Wildman–Crippen LogP) is 3.21. The fourth-order valence-electron chi connectivity index (χ4n) is 3.79. The average molecular weight is 439 g/mol. The van der Waals surface area contributed by atoms with Gasteiger partial charge in [-0.15, -0.1) is 11.8 Å². The molecule has 160 valence electrons. The number of rotatable bonds is 5. The average Bonchev–Trinajstić information content (AvgIpc) is 3.17. The fourth-order valence-corrected chi connectivity index (χ4v) is 4.89. The van der Waals surface area contributed by atoms with E-state index >= 15 is 0 Å². The van der Waals surface area contributed by atoms with Crippen LogP contribution in [0.5, 0.6) is 0 Å². The van der Waals surface area contributed by atoms with Crippen LogP contribution >= 0.6 is 11.8 Å². The molecule has 2 amide bonds. The zero-order chi connectivity index (χ0) is 22.1. The van der Waals surface area contributed by atoms with Crippen molar-refractivity contribution >= 4 is 46.7 Å². The lowest BCUT2D eigenvalue weighted by Gasteiger charge is -2.23. The number of ketones is 1. The quantitative estimate of drug-likeness (QED) is 0.569. The zero-order valence-electron chi connectivity index (χ0n) is 17.2. The highest BCUT2D eigenvalue weighted by molar-refractivity contribution is 8.01.